The van der Waals surface area contributed by atoms with Crippen molar-refractivity contribution in [2.45, 2.75) is 25.7 Å². The molecule has 1 saturated heterocycles. The Morgan fingerprint density at radius 3 is 2.63 bits per heavy atom. The molecule has 0 spiro atoms. The van der Waals surface area contributed by atoms with E-state index in [0.29, 0.717) is 18.3 Å². The normalized spacial score (nSPS) is 16.6. The van der Waals surface area contributed by atoms with Gasteiger partial charge in [0, 0.05) is 32.4 Å². The number of thioether (sulfide) groups is 1. The quantitative estimate of drug-likeness (QED) is 0.685. The molecule has 0 aromatic heterocycles. The Kier molecular flexibility index (Phi) is 7.90. The number of carbonyl (C=O) groups excluding carboxylic acids is 1. The summed E-state index contributed by atoms with van der Waals surface area (Å²) in [6.45, 7) is 2.22. The predicted molar refractivity (Wildman–Crippen MR) is 75.4 cm³/mol. The van der Waals surface area contributed by atoms with Crippen LogP contribution in [0.3, 0.4) is 0 Å². The van der Waals surface area contributed by atoms with E-state index in [1.807, 2.05) is 4.90 Å². The highest BCUT2D eigenvalue weighted by molar-refractivity contribution is 7.99. The first kappa shape index (κ1) is 16.3. The topological polar surface area (TPSA) is 66.8 Å². The van der Waals surface area contributed by atoms with Gasteiger partial charge >= 0.3 is 5.97 Å². The second kappa shape index (κ2) is 9.20. The average Bonchev–Trinajstić information content (AvgIpc) is 2.41. The summed E-state index contributed by atoms with van der Waals surface area (Å²) in [7, 11) is 1.66. The number of likely N-dealkylation sites (tertiary alicyclic amines) is 1. The maximum absolute atomic E-state index is 11.9. The van der Waals surface area contributed by atoms with Crippen LogP contribution in [0.4, 0.5) is 0 Å². The van der Waals surface area contributed by atoms with E-state index in [-0.39, 0.29) is 12.3 Å². The molecule has 6 heteroatoms. The van der Waals surface area contributed by atoms with E-state index >= 15 is 0 Å². The van der Waals surface area contributed by atoms with Crippen molar-refractivity contribution in [1.29, 1.82) is 0 Å². The number of carboxylic acid groups (broad SMARTS) is 1. The Bertz CT molecular complexity index is 290. The van der Waals surface area contributed by atoms with Gasteiger partial charge in [0.15, 0.2) is 0 Å². The van der Waals surface area contributed by atoms with Crippen LogP contribution in [0.1, 0.15) is 25.7 Å². The Morgan fingerprint density at radius 1 is 1.37 bits per heavy atom. The molecule has 1 amide bonds. The second-order valence-corrected chi connectivity index (χ2v) is 5.91. The molecule has 0 aromatic rings. The highest BCUT2D eigenvalue weighted by Gasteiger charge is 2.22. The molecular formula is C13H23NO4S. The Balaban J connectivity index is 2.14. The van der Waals surface area contributed by atoms with Gasteiger partial charge < -0.3 is 14.7 Å². The van der Waals surface area contributed by atoms with E-state index < -0.39 is 5.97 Å². The molecule has 19 heavy (non-hydrogen) atoms. The molecule has 0 atom stereocenters. The fourth-order valence-electron chi connectivity index (χ4n) is 2.19. The number of hydrogen-bond donors (Lipinski definition) is 1. The molecule has 0 radical (unpaired) electrons. The SMILES string of the molecule is COCCSCC(=O)N1CCC(CCC(=O)O)CC1. The third kappa shape index (κ3) is 6.82. The summed E-state index contributed by atoms with van der Waals surface area (Å²) in [6.07, 6.45) is 2.84. The van der Waals surface area contributed by atoms with Gasteiger partial charge in [-0.3, -0.25) is 9.59 Å². The van der Waals surface area contributed by atoms with Crippen LogP contribution in [0.15, 0.2) is 0 Å². The van der Waals surface area contributed by atoms with Crippen LogP contribution >= 0.6 is 11.8 Å². The van der Waals surface area contributed by atoms with E-state index in [9.17, 15) is 9.59 Å². The van der Waals surface area contributed by atoms with Crippen molar-refractivity contribution in [2.75, 3.05) is 38.3 Å². The number of rotatable bonds is 8. The predicted octanol–water partition coefficient (Wildman–Crippen LogP) is 1.47. The third-order valence-corrected chi connectivity index (χ3v) is 4.30. The summed E-state index contributed by atoms with van der Waals surface area (Å²) >= 11 is 1.60. The van der Waals surface area contributed by atoms with Gasteiger partial charge in [-0.05, 0) is 25.2 Å². The summed E-state index contributed by atoms with van der Waals surface area (Å²) in [6, 6.07) is 0. The average molecular weight is 289 g/mol. The largest absolute Gasteiger partial charge is 0.481 e. The minimum atomic E-state index is -0.729. The van der Waals surface area contributed by atoms with Crippen LogP contribution in [0.25, 0.3) is 0 Å². The summed E-state index contributed by atoms with van der Waals surface area (Å²) in [4.78, 5) is 24.3. The summed E-state index contributed by atoms with van der Waals surface area (Å²) in [5.41, 5.74) is 0. The number of ether oxygens (including phenoxy) is 1. The van der Waals surface area contributed by atoms with Crippen molar-refractivity contribution in [3.8, 4) is 0 Å². The van der Waals surface area contributed by atoms with Crippen LogP contribution < -0.4 is 0 Å². The molecule has 0 unspecified atom stereocenters. The van der Waals surface area contributed by atoms with Crippen molar-refractivity contribution in [1.82, 2.24) is 4.90 Å². The van der Waals surface area contributed by atoms with Gasteiger partial charge in [0.25, 0.3) is 0 Å². The lowest BCUT2D eigenvalue weighted by molar-refractivity contribution is -0.137. The van der Waals surface area contributed by atoms with Gasteiger partial charge in [0.1, 0.15) is 0 Å². The maximum atomic E-state index is 11.9. The van der Waals surface area contributed by atoms with Gasteiger partial charge in [-0.25, -0.2) is 0 Å². The lowest BCUT2D eigenvalue weighted by Gasteiger charge is -2.31. The van der Waals surface area contributed by atoms with Crippen molar-refractivity contribution in [2.24, 2.45) is 5.92 Å². The molecule has 0 saturated carbocycles. The first-order valence-electron chi connectivity index (χ1n) is 6.69. The molecule has 1 aliphatic rings. The van der Waals surface area contributed by atoms with E-state index in [1.54, 1.807) is 18.9 Å². The van der Waals surface area contributed by atoms with Crippen molar-refractivity contribution >= 4 is 23.6 Å². The molecule has 0 aromatic carbocycles. The molecule has 0 aliphatic carbocycles. The second-order valence-electron chi connectivity index (χ2n) is 4.80. The standard InChI is InChI=1S/C13H23NO4S/c1-18-8-9-19-10-12(15)14-6-4-11(5-7-14)2-3-13(16)17/h11H,2-10H2,1H3,(H,16,17). The fraction of sp³-hybridized carbons (Fsp3) is 0.846. The Labute approximate surface area is 118 Å². The Hall–Kier alpha value is -0.750. The monoisotopic (exact) mass is 289 g/mol. The highest BCUT2D eigenvalue weighted by atomic mass is 32.2. The Morgan fingerprint density at radius 2 is 2.05 bits per heavy atom. The molecule has 0 bridgehead atoms. The van der Waals surface area contributed by atoms with Gasteiger partial charge in [-0.1, -0.05) is 0 Å². The first-order valence-corrected chi connectivity index (χ1v) is 7.85. The van der Waals surface area contributed by atoms with Crippen molar-refractivity contribution in [3.05, 3.63) is 0 Å². The lowest BCUT2D eigenvalue weighted by atomic mass is 9.92. The van der Waals surface area contributed by atoms with Crippen LogP contribution in [-0.4, -0.2) is 60.2 Å². The van der Waals surface area contributed by atoms with Crippen LogP contribution in [0.2, 0.25) is 0 Å². The zero-order chi connectivity index (χ0) is 14.1. The van der Waals surface area contributed by atoms with Crippen molar-refractivity contribution < 1.29 is 19.4 Å². The van der Waals surface area contributed by atoms with Crippen molar-refractivity contribution in [3.63, 3.8) is 0 Å². The zero-order valence-electron chi connectivity index (χ0n) is 11.5. The van der Waals surface area contributed by atoms with Gasteiger partial charge in [0.05, 0.1) is 12.4 Å². The number of nitrogens with zero attached hydrogens (tertiary/aromatic N) is 1. The molecule has 1 aliphatic heterocycles. The van der Waals surface area contributed by atoms with E-state index in [2.05, 4.69) is 0 Å². The summed E-state index contributed by atoms with van der Waals surface area (Å²) in [5, 5.41) is 8.65. The van der Waals surface area contributed by atoms with Crippen LogP contribution in [0, 0.1) is 5.92 Å². The lowest BCUT2D eigenvalue weighted by Crippen LogP contribution is -2.39. The minimum Gasteiger partial charge on any atom is -0.481 e. The maximum Gasteiger partial charge on any atom is 0.303 e. The van der Waals surface area contributed by atoms with E-state index in [0.717, 1.165) is 38.1 Å². The smallest absolute Gasteiger partial charge is 0.303 e. The zero-order valence-corrected chi connectivity index (χ0v) is 12.3. The first-order chi connectivity index (χ1) is 9.13. The number of hydrogen-bond acceptors (Lipinski definition) is 4. The molecule has 1 heterocycles. The van der Waals surface area contributed by atoms with Gasteiger partial charge in [-0.2, -0.15) is 0 Å². The molecule has 110 valence electrons. The number of carboxylic acids is 1. The molecule has 1 N–H and O–H groups in total. The summed E-state index contributed by atoms with van der Waals surface area (Å²) < 4.78 is 4.94. The third-order valence-electron chi connectivity index (χ3n) is 3.39. The number of carbonyl (C=O) groups is 2. The molecule has 1 fully saturated rings. The van der Waals surface area contributed by atoms with E-state index in [4.69, 9.17) is 9.84 Å². The van der Waals surface area contributed by atoms with Gasteiger partial charge in [0.2, 0.25) is 5.91 Å². The number of methoxy groups -OCH3 is 1. The van der Waals surface area contributed by atoms with Crippen LogP contribution in [-0.2, 0) is 14.3 Å². The number of piperidine rings is 1. The van der Waals surface area contributed by atoms with Crippen LogP contribution in [0.5, 0.6) is 0 Å². The van der Waals surface area contributed by atoms with Gasteiger partial charge in [-0.15, -0.1) is 11.8 Å². The number of aliphatic carboxylic acids is 1. The summed E-state index contributed by atoms with van der Waals surface area (Å²) in [5.74, 6) is 1.28. The molecular weight excluding hydrogens is 266 g/mol. The van der Waals surface area contributed by atoms with E-state index in [1.165, 1.54) is 0 Å². The minimum absolute atomic E-state index is 0.192. The highest BCUT2D eigenvalue weighted by Crippen LogP contribution is 2.22. The molecule has 1 rings (SSSR count). The number of amides is 1. The fourth-order valence-corrected chi connectivity index (χ4v) is 2.98. The molecule has 5 nitrogen and oxygen atoms in total.